The first-order valence-corrected chi connectivity index (χ1v) is 6.87. The number of benzene rings is 2. The first kappa shape index (κ1) is 12.7. The van der Waals surface area contributed by atoms with Crippen molar-refractivity contribution in [1.29, 1.82) is 0 Å². The van der Waals surface area contributed by atoms with Crippen LogP contribution in [0.5, 0.6) is 0 Å². The van der Waals surface area contributed by atoms with Crippen molar-refractivity contribution in [2.45, 2.75) is 19.3 Å². The molecule has 0 aliphatic heterocycles. The van der Waals surface area contributed by atoms with Crippen molar-refractivity contribution in [3.63, 3.8) is 0 Å². The topological polar surface area (TPSA) is 55.1 Å². The third-order valence-electron chi connectivity index (χ3n) is 3.97. The fraction of sp³-hybridized carbons (Fsp3) is 0.235. The summed E-state index contributed by atoms with van der Waals surface area (Å²) in [6.45, 7) is 2.60. The lowest BCUT2D eigenvalue weighted by Gasteiger charge is -2.30. The highest BCUT2D eigenvalue weighted by atomic mass is 16.1. The zero-order chi connectivity index (χ0) is 14.1. The van der Waals surface area contributed by atoms with E-state index in [9.17, 15) is 4.79 Å². The number of aryl methyl sites for hydroxylation is 1. The van der Waals surface area contributed by atoms with Crippen LogP contribution in [0.25, 0.3) is 0 Å². The summed E-state index contributed by atoms with van der Waals surface area (Å²) in [5, 5.41) is 3.02. The maximum Gasteiger partial charge on any atom is 0.251 e. The van der Waals surface area contributed by atoms with Crippen molar-refractivity contribution < 1.29 is 4.79 Å². The second-order valence-electron chi connectivity index (χ2n) is 5.38. The normalized spacial score (nSPS) is 16.1. The SMILES string of the molecule is Cc1cc(N)ccc1C(=O)NCC1Cc2ccccc21. The van der Waals surface area contributed by atoms with Gasteiger partial charge in [0.25, 0.3) is 5.91 Å². The van der Waals surface area contributed by atoms with E-state index in [0.717, 1.165) is 12.0 Å². The molecule has 0 saturated heterocycles. The number of nitrogen functional groups attached to an aromatic ring is 1. The van der Waals surface area contributed by atoms with E-state index in [1.807, 2.05) is 13.0 Å². The molecule has 1 aliphatic carbocycles. The Morgan fingerprint density at radius 1 is 1.30 bits per heavy atom. The molecule has 0 spiro atoms. The van der Waals surface area contributed by atoms with E-state index in [1.165, 1.54) is 11.1 Å². The third-order valence-corrected chi connectivity index (χ3v) is 3.97. The van der Waals surface area contributed by atoms with Crippen LogP contribution in [0.2, 0.25) is 0 Å². The third kappa shape index (κ3) is 2.27. The van der Waals surface area contributed by atoms with Crippen LogP contribution in [-0.2, 0) is 6.42 Å². The minimum absolute atomic E-state index is 0.0214. The number of hydrogen-bond donors (Lipinski definition) is 2. The number of fused-ring (bicyclic) bond motifs is 1. The van der Waals surface area contributed by atoms with Crippen molar-refractivity contribution in [2.24, 2.45) is 0 Å². The van der Waals surface area contributed by atoms with Gasteiger partial charge in [0.15, 0.2) is 0 Å². The van der Waals surface area contributed by atoms with Crippen LogP contribution < -0.4 is 11.1 Å². The lowest BCUT2D eigenvalue weighted by atomic mass is 9.77. The number of rotatable bonds is 3. The standard InChI is InChI=1S/C17H18N2O/c1-11-8-14(18)6-7-15(11)17(20)19-10-13-9-12-4-2-3-5-16(12)13/h2-8,13H,9-10,18H2,1H3,(H,19,20). The molecule has 1 unspecified atom stereocenters. The highest BCUT2D eigenvalue weighted by Crippen LogP contribution is 2.34. The van der Waals surface area contributed by atoms with Crippen LogP contribution in [-0.4, -0.2) is 12.5 Å². The molecular formula is C17H18N2O. The molecule has 0 radical (unpaired) electrons. The molecule has 1 amide bonds. The number of amides is 1. The van der Waals surface area contributed by atoms with Gasteiger partial charge in [-0.3, -0.25) is 4.79 Å². The van der Waals surface area contributed by atoms with Gasteiger partial charge in [0, 0.05) is 23.7 Å². The van der Waals surface area contributed by atoms with Crippen molar-refractivity contribution in [3.8, 4) is 0 Å². The van der Waals surface area contributed by atoms with Crippen molar-refractivity contribution in [2.75, 3.05) is 12.3 Å². The highest BCUT2D eigenvalue weighted by Gasteiger charge is 2.25. The Balaban J connectivity index is 1.64. The molecule has 3 rings (SSSR count). The Labute approximate surface area is 118 Å². The number of hydrogen-bond acceptors (Lipinski definition) is 2. The Morgan fingerprint density at radius 2 is 2.10 bits per heavy atom. The predicted octanol–water partition coefficient (Wildman–Crippen LogP) is 2.65. The van der Waals surface area contributed by atoms with Gasteiger partial charge < -0.3 is 11.1 Å². The number of nitrogens with one attached hydrogen (secondary N) is 1. The molecule has 102 valence electrons. The summed E-state index contributed by atoms with van der Waals surface area (Å²) in [6, 6.07) is 13.8. The fourth-order valence-corrected chi connectivity index (χ4v) is 2.80. The largest absolute Gasteiger partial charge is 0.399 e. The van der Waals surface area contributed by atoms with E-state index in [2.05, 4.69) is 29.6 Å². The molecule has 3 nitrogen and oxygen atoms in total. The Bertz CT molecular complexity index is 664. The van der Waals surface area contributed by atoms with Crippen LogP contribution in [0.1, 0.15) is 33.0 Å². The maximum absolute atomic E-state index is 12.2. The summed E-state index contributed by atoms with van der Waals surface area (Å²) in [4.78, 5) is 12.2. The summed E-state index contributed by atoms with van der Waals surface area (Å²) in [7, 11) is 0. The number of carbonyl (C=O) groups is 1. The molecule has 2 aromatic rings. The van der Waals surface area contributed by atoms with Crippen LogP contribution in [0.15, 0.2) is 42.5 Å². The van der Waals surface area contributed by atoms with Crippen molar-refractivity contribution in [1.82, 2.24) is 5.32 Å². The van der Waals surface area contributed by atoms with E-state index in [0.29, 0.717) is 23.7 Å². The first-order chi connectivity index (χ1) is 9.65. The summed E-state index contributed by atoms with van der Waals surface area (Å²) in [6.07, 6.45) is 1.05. The summed E-state index contributed by atoms with van der Waals surface area (Å²) < 4.78 is 0. The Hall–Kier alpha value is -2.29. The van der Waals surface area contributed by atoms with Gasteiger partial charge in [0.05, 0.1) is 0 Å². The molecule has 0 fully saturated rings. The summed E-state index contributed by atoms with van der Waals surface area (Å²) in [5.74, 6) is 0.427. The van der Waals surface area contributed by atoms with Gasteiger partial charge in [-0.1, -0.05) is 24.3 Å². The quantitative estimate of drug-likeness (QED) is 0.839. The van der Waals surface area contributed by atoms with E-state index < -0.39 is 0 Å². The second kappa shape index (κ2) is 5.00. The van der Waals surface area contributed by atoms with Crippen LogP contribution in [0.3, 0.4) is 0 Å². The molecule has 0 aromatic heterocycles. The molecule has 0 heterocycles. The summed E-state index contributed by atoms with van der Waals surface area (Å²) in [5.41, 5.74) is 10.8. The van der Waals surface area contributed by atoms with Gasteiger partial charge in [0.1, 0.15) is 0 Å². The lowest BCUT2D eigenvalue weighted by molar-refractivity contribution is 0.0949. The van der Waals surface area contributed by atoms with Crippen LogP contribution in [0, 0.1) is 6.92 Å². The second-order valence-corrected chi connectivity index (χ2v) is 5.38. The summed E-state index contributed by atoms with van der Waals surface area (Å²) >= 11 is 0. The van der Waals surface area contributed by atoms with E-state index in [1.54, 1.807) is 12.1 Å². The number of carbonyl (C=O) groups excluding carboxylic acids is 1. The van der Waals surface area contributed by atoms with Crippen LogP contribution >= 0.6 is 0 Å². The number of nitrogens with two attached hydrogens (primary N) is 1. The monoisotopic (exact) mass is 266 g/mol. The number of anilines is 1. The highest BCUT2D eigenvalue weighted by molar-refractivity contribution is 5.96. The maximum atomic E-state index is 12.2. The smallest absolute Gasteiger partial charge is 0.251 e. The van der Waals surface area contributed by atoms with E-state index in [4.69, 9.17) is 5.73 Å². The lowest BCUT2D eigenvalue weighted by Crippen LogP contribution is -2.33. The molecule has 20 heavy (non-hydrogen) atoms. The minimum Gasteiger partial charge on any atom is -0.399 e. The molecule has 2 aromatic carbocycles. The molecule has 3 N–H and O–H groups in total. The van der Waals surface area contributed by atoms with Crippen molar-refractivity contribution in [3.05, 3.63) is 64.7 Å². The molecular weight excluding hydrogens is 248 g/mol. The van der Waals surface area contributed by atoms with Gasteiger partial charge >= 0.3 is 0 Å². The van der Waals surface area contributed by atoms with Gasteiger partial charge in [-0.25, -0.2) is 0 Å². The van der Waals surface area contributed by atoms with E-state index >= 15 is 0 Å². The van der Waals surface area contributed by atoms with Gasteiger partial charge in [-0.15, -0.1) is 0 Å². The first-order valence-electron chi connectivity index (χ1n) is 6.87. The average Bonchev–Trinajstić information content (AvgIpc) is 2.39. The molecule has 1 atom stereocenters. The molecule has 0 saturated carbocycles. The van der Waals surface area contributed by atoms with Crippen LogP contribution in [0.4, 0.5) is 5.69 Å². The predicted molar refractivity (Wildman–Crippen MR) is 80.8 cm³/mol. The fourth-order valence-electron chi connectivity index (χ4n) is 2.80. The Morgan fingerprint density at radius 3 is 2.85 bits per heavy atom. The van der Waals surface area contributed by atoms with Gasteiger partial charge in [-0.05, 0) is 48.2 Å². The Kier molecular flexibility index (Phi) is 3.18. The molecule has 0 bridgehead atoms. The average molecular weight is 266 g/mol. The zero-order valence-corrected chi connectivity index (χ0v) is 11.5. The minimum atomic E-state index is -0.0214. The van der Waals surface area contributed by atoms with E-state index in [-0.39, 0.29) is 5.91 Å². The molecule has 3 heteroatoms. The van der Waals surface area contributed by atoms with Crippen molar-refractivity contribution >= 4 is 11.6 Å². The van der Waals surface area contributed by atoms with Gasteiger partial charge in [-0.2, -0.15) is 0 Å². The molecule has 1 aliphatic rings. The zero-order valence-electron chi connectivity index (χ0n) is 11.5. The van der Waals surface area contributed by atoms with Gasteiger partial charge in [0.2, 0.25) is 0 Å².